The fourth-order valence-electron chi connectivity index (χ4n) is 5.59. The number of aromatic nitrogens is 3. The molecule has 4 N–H and O–H groups in total. The molecule has 5 atom stereocenters. The number of hydrogen-bond acceptors (Lipinski definition) is 5. The number of anilines is 1. The molecule has 0 spiro atoms. The van der Waals surface area contributed by atoms with Crippen LogP contribution in [0.15, 0.2) is 12.5 Å². The number of H-pyrrole nitrogens is 1. The number of imidazole rings is 1. The monoisotopic (exact) mass is 328 g/mol. The lowest BCUT2D eigenvalue weighted by molar-refractivity contribution is -0.129. The quantitative estimate of drug-likeness (QED) is 0.686. The van der Waals surface area contributed by atoms with Gasteiger partial charge in [0.25, 0.3) is 0 Å². The zero-order valence-electron chi connectivity index (χ0n) is 13.2. The summed E-state index contributed by atoms with van der Waals surface area (Å²) in [5, 5.41) is 23.8. The molecule has 24 heavy (non-hydrogen) atoms. The Hall–Kier alpha value is -2.15. The number of nitrogens with zero attached hydrogens (tertiary/aromatic N) is 2. The van der Waals surface area contributed by atoms with Gasteiger partial charge in [0.2, 0.25) is 0 Å². The summed E-state index contributed by atoms with van der Waals surface area (Å²) in [6, 6.07) is 0.203. The maximum absolute atomic E-state index is 11.6. The molecule has 0 saturated heterocycles. The number of carboxylic acids is 1. The number of aromatic carboxylic acids is 1. The topological polar surface area (TPSA) is 111 Å². The Morgan fingerprint density at radius 2 is 2.00 bits per heavy atom. The number of carboxylic acid groups (broad SMARTS) is 1. The summed E-state index contributed by atoms with van der Waals surface area (Å²) in [6.07, 6.45) is 7.72. The summed E-state index contributed by atoms with van der Waals surface area (Å²) in [7, 11) is 0. The van der Waals surface area contributed by atoms with E-state index in [-0.39, 0.29) is 11.6 Å². The van der Waals surface area contributed by atoms with Gasteiger partial charge < -0.3 is 20.5 Å². The zero-order valence-corrected chi connectivity index (χ0v) is 13.2. The maximum atomic E-state index is 11.6. The highest BCUT2D eigenvalue weighted by atomic mass is 16.4. The SMILES string of the molecule is O=C(O)c1cnc2nc[nH]c2c1NC1[C@@H]2CC3C[C@H]1CC(O)(C3)C2. The van der Waals surface area contributed by atoms with Gasteiger partial charge in [0, 0.05) is 12.2 Å². The van der Waals surface area contributed by atoms with Crippen LogP contribution in [0.1, 0.15) is 42.5 Å². The Morgan fingerprint density at radius 3 is 2.67 bits per heavy atom. The van der Waals surface area contributed by atoms with Crippen molar-refractivity contribution in [1.29, 1.82) is 0 Å². The maximum Gasteiger partial charge on any atom is 0.339 e. The zero-order chi connectivity index (χ0) is 16.5. The van der Waals surface area contributed by atoms with E-state index in [0.29, 0.717) is 34.6 Å². The lowest BCUT2D eigenvalue weighted by Gasteiger charge is -2.58. The Balaban J connectivity index is 1.54. The third kappa shape index (κ3) is 1.97. The molecule has 2 heterocycles. The predicted octanol–water partition coefficient (Wildman–Crippen LogP) is 2.01. The van der Waals surface area contributed by atoms with E-state index in [0.717, 1.165) is 32.1 Å². The van der Waals surface area contributed by atoms with E-state index in [2.05, 4.69) is 20.3 Å². The van der Waals surface area contributed by atoms with Crippen LogP contribution in [0.2, 0.25) is 0 Å². The van der Waals surface area contributed by atoms with Gasteiger partial charge in [0.1, 0.15) is 11.1 Å². The average Bonchev–Trinajstić information content (AvgIpc) is 2.97. The summed E-state index contributed by atoms with van der Waals surface area (Å²) < 4.78 is 0. The molecule has 0 aromatic carbocycles. The number of fused-ring (bicyclic) bond motifs is 1. The first-order valence-corrected chi connectivity index (χ1v) is 8.57. The number of carbonyl (C=O) groups is 1. The molecule has 2 aromatic heterocycles. The van der Waals surface area contributed by atoms with Crippen molar-refractivity contribution in [2.45, 2.75) is 43.7 Å². The Bertz CT molecular complexity index is 816. The number of pyridine rings is 1. The summed E-state index contributed by atoms with van der Waals surface area (Å²) in [6.45, 7) is 0. The molecule has 0 radical (unpaired) electrons. The molecule has 6 rings (SSSR count). The number of aliphatic hydroxyl groups is 1. The summed E-state index contributed by atoms with van der Waals surface area (Å²) >= 11 is 0. The van der Waals surface area contributed by atoms with E-state index in [1.54, 1.807) is 0 Å². The van der Waals surface area contributed by atoms with Gasteiger partial charge in [0.05, 0.1) is 17.6 Å². The van der Waals surface area contributed by atoms with Gasteiger partial charge in [-0.05, 0) is 49.9 Å². The molecule has 7 nitrogen and oxygen atoms in total. The molecular formula is C17H20N4O3. The highest BCUT2D eigenvalue weighted by Gasteiger charge is 2.54. The molecule has 2 aromatic rings. The van der Waals surface area contributed by atoms with Crippen molar-refractivity contribution in [3.05, 3.63) is 18.1 Å². The van der Waals surface area contributed by atoms with Crippen molar-refractivity contribution in [2.75, 3.05) is 5.32 Å². The molecular weight excluding hydrogens is 308 g/mol. The number of nitrogens with one attached hydrogen (secondary N) is 2. The lowest BCUT2D eigenvalue weighted by atomic mass is 9.52. The van der Waals surface area contributed by atoms with Gasteiger partial charge in [-0.2, -0.15) is 0 Å². The third-order valence-electron chi connectivity index (χ3n) is 6.24. The van der Waals surface area contributed by atoms with Crippen LogP contribution in [0.4, 0.5) is 5.69 Å². The second kappa shape index (κ2) is 4.69. The van der Waals surface area contributed by atoms with Crippen LogP contribution in [0.25, 0.3) is 11.2 Å². The van der Waals surface area contributed by atoms with E-state index in [1.165, 1.54) is 12.5 Å². The minimum absolute atomic E-state index is 0.166. The Morgan fingerprint density at radius 1 is 1.25 bits per heavy atom. The highest BCUT2D eigenvalue weighted by Crippen LogP contribution is 2.56. The summed E-state index contributed by atoms with van der Waals surface area (Å²) in [4.78, 5) is 22.9. The first-order valence-electron chi connectivity index (χ1n) is 8.57. The van der Waals surface area contributed by atoms with E-state index in [9.17, 15) is 15.0 Å². The summed E-state index contributed by atoms with van der Waals surface area (Å²) in [5.74, 6) is 0.418. The molecule has 3 unspecified atom stereocenters. The van der Waals surface area contributed by atoms with Gasteiger partial charge in [0.15, 0.2) is 5.65 Å². The largest absolute Gasteiger partial charge is 0.478 e. The van der Waals surface area contributed by atoms with Crippen LogP contribution in [-0.2, 0) is 0 Å². The molecule has 4 bridgehead atoms. The van der Waals surface area contributed by atoms with Gasteiger partial charge in [-0.25, -0.2) is 14.8 Å². The van der Waals surface area contributed by atoms with Crippen LogP contribution >= 0.6 is 0 Å². The molecule has 126 valence electrons. The second-order valence-corrected chi connectivity index (χ2v) is 7.82. The van der Waals surface area contributed by atoms with Crippen molar-refractivity contribution >= 4 is 22.8 Å². The van der Waals surface area contributed by atoms with Crippen molar-refractivity contribution in [3.63, 3.8) is 0 Å². The standard InChI is InChI=1S/C17H20N4O3/c22-16(23)11-6-18-15-14(19-7-20-15)13(11)21-12-9-1-8-2-10(12)5-17(24,3-8)4-9/h6-10,12,24H,1-5H2,(H,22,23)(H2,18,19,20,21)/t8?,9-,10+,12?,17?. The predicted molar refractivity (Wildman–Crippen MR) is 86.8 cm³/mol. The third-order valence-corrected chi connectivity index (χ3v) is 6.24. The second-order valence-electron chi connectivity index (χ2n) is 7.82. The van der Waals surface area contributed by atoms with Gasteiger partial charge >= 0.3 is 5.97 Å². The summed E-state index contributed by atoms with van der Waals surface area (Å²) in [5.41, 5.74) is 1.41. The van der Waals surface area contributed by atoms with E-state index < -0.39 is 11.6 Å². The van der Waals surface area contributed by atoms with Crippen LogP contribution in [0.5, 0.6) is 0 Å². The minimum Gasteiger partial charge on any atom is -0.478 e. The smallest absolute Gasteiger partial charge is 0.339 e. The fourth-order valence-corrected chi connectivity index (χ4v) is 5.59. The minimum atomic E-state index is -0.996. The molecule has 0 amide bonds. The van der Waals surface area contributed by atoms with Crippen molar-refractivity contribution in [2.24, 2.45) is 17.8 Å². The van der Waals surface area contributed by atoms with Crippen LogP contribution in [-0.4, -0.2) is 42.8 Å². The van der Waals surface area contributed by atoms with Crippen LogP contribution in [0.3, 0.4) is 0 Å². The highest BCUT2D eigenvalue weighted by molar-refractivity contribution is 6.02. The first kappa shape index (κ1) is 14.2. The van der Waals surface area contributed by atoms with E-state index >= 15 is 0 Å². The van der Waals surface area contributed by atoms with Crippen molar-refractivity contribution in [3.8, 4) is 0 Å². The Labute approximate surface area is 138 Å². The molecule has 4 aliphatic carbocycles. The molecule has 4 fully saturated rings. The van der Waals surface area contributed by atoms with E-state index in [4.69, 9.17) is 0 Å². The van der Waals surface area contributed by atoms with Gasteiger partial charge in [-0.3, -0.25) is 0 Å². The van der Waals surface area contributed by atoms with Gasteiger partial charge in [-0.15, -0.1) is 0 Å². The molecule has 4 aliphatic rings. The lowest BCUT2D eigenvalue weighted by Crippen LogP contribution is -2.59. The van der Waals surface area contributed by atoms with E-state index in [1.807, 2.05) is 0 Å². The number of hydrogen-bond donors (Lipinski definition) is 4. The molecule has 4 saturated carbocycles. The van der Waals surface area contributed by atoms with Gasteiger partial charge in [-0.1, -0.05) is 0 Å². The average molecular weight is 328 g/mol. The molecule has 7 heteroatoms. The fraction of sp³-hybridized carbons (Fsp3) is 0.588. The van der Waals surface area contributed by atoms with Crippen LogP contribution in [0, 0.1) is 17.8 Å². The first-order chi connectivity index (χ1) is 11.5. The van der Waals surface area contributed by atoms with Crippen molar-refractivity contribution in [1.82, 2.24) is 15.0 Å². The number of rotatable bonds is 3. The molecule has 0 aliphatic heterocycles. The Kier molecular flexibility index (Phi) is 2.78. The van der Waals surface area contributed by atoms with Crippen molar-refractivity contribution < 1.29 is 15.0 Å². The van der Waals surface area contributed by atoms with Crippen LogP contribution < -0.4 is 5.32 Å². The normalized spacial score (nSPS) is 37.0. The number of aromatic amines is 1.